The lowest BCUT2D eigenvalue weighted by molar-refractivity contribution is 0.112. The van der Waals surface area contributed by atoms with Crippen molar-refractivity contribution in [3.8, 4) is 11.1 Å². The van der Waals surface area contributed by atoms with Crippen molar-refractivity contribution >= 4 is 16.1 Å². The molecule has 26 heavy (non-hydrogen) atoms. The van der Waals surface area contributed by atoms with Gasteiger partial charge in [-0.25, -0.2) is 8.42 Å². The molecule has 0 aliphatic heterocycles. The van der Waals surface area contributed by atoms with Crippen LogP contribution in [0, 0.1) is 13.8 Å². The van der Waals surface area contributed by atoms with Crippen LogP contribution in [0.4, 0.5) is 0 Å². The van der Waals surface area contributed by atoms with Crippen molar-refractivity contribution in [2.24, 2.45) is 0 Å². The number of benzene rings is 1. The standard InChI is InChI=1S/C22H22O3S/c1-14(2)17-7-8-18(13-23)22-20(12-17)16(4)11-21(22)26(24,25)19-9-5-15(3)6-10-19/h5-14H,1-4H3. The zero-order valence-corrected chi connectivity index (χ0v) is 16.2. The monoisotopic (exact) mass is 366 g/mol. The second-order valence-corrected chi connectivity index (χ2v) is 8.92. The summed E-state index contributed by atoms with van der Waals surface area (Å²) in [6.07, 6.45) is 0.736. The number of aldehydes is 1. The Hall–Kier alpha value is -2.46. The molecule has 3 nitrogen and oxygen atoms in total. The van der Waals surface area contributed by atoms with Crippen LogP contribution in [-0.4, -0.2) is 14.7 Å². The highest BCUT2D eigenvalue weighted by atomic mass is 32.2. The molecule has 0 saturated heterocycles. The van der Waals surface area contributed by atoms with Crippen molar-refractivity contribution in [3.63, 3.8) is 0 Å². The third-order valence-electron chi connectivity index (χ3n) is 4.76. The molecule has 134 valence electrons. The van der Waals surface area contributed by atoms with Gasteiger partial charge in [0.2, 0.25) is 9.84 Å². The average molecular weight is 366 g/mol. The van der Waals surface area contributed by atoms with Crippen LogP contribution < -0.4 is 0 Å². The molecular formula is C22H22O3S. The Labute approximate surface area is 155 Å². The van der Waals surface area contributed by atoms with Gasteiger partial charge in [-0.05, 0) is 54.7 Å². The van der Waals surface area contributed by atoms with Gasteiger partial charge in [0.1, 0.15) is 0 Å². The van der Waals surface area contributed by atoms with Crippen LogP contribution in [0.1, 0.15) is 46.8 Å². The summed E-state index contributed by atoms with van der Waals surface area (Å²) in [5.74, 6) is 0.275. The first-order chi connectivity index (χ1) is 12.3. The normalized spacial score (nSPS) is 11.9. The SMILES string of the molecule is Cc1ccc(S(=O)(=O)c2cc(C)c3cc(C(C)C)ccc(C=O)c2-3)cc1. The van der Waals surface area contributed by atoms with Gasteiger partial charge in [0.05, 0.1) is 9.79 Å². The summed E-state index contributed by atoms with van der Waals surface area (Å²) in [5.41, 5.74) is 4.62. The summed E-state index contributed by atoms with van der Waals surface area (Å²) in [6.45, 7) is 7.94. The maximum Gasteiger partial charge on any atom is 0.207 e. The van der Waals surface area contributed by atoms with Crippen LogP contribution >= 0.6 is 0 Å². The summed E-state index contributed by atoms with van der Waals surface area (Å²) < 4.78 is 26.5. The van der Waals surface area contributed by atoms with E-state index in [0.717, 1.165) is 28.5 Å². The van der Waals surface area contributed by atoms with Gasteiger partial charge >= 0.3 is 0 Å². The first kappa shape index (κ1) is 18.3. The molecule has 0 fully saturated rings. The summed E-state index contributed by atoms with van der Waals surface area (Å²) >= 11 is 0. The molecule has 0 heterocycles. The molecule has 1 aromatic carbocycles. The Morgan fingerprint density at radius 2 is 1.58 bits per heavy atom. The number of sulfone groups is 1. The minimum atomic E-state index is -3.72. The van der Waals surface area contributed by atoms with Crippen LogP contribution in [0.3, 0.4) is 0 Å². The summed E-state index contributed by atoms with van der Waals surface area (Å²) in [6, 6.07) is 14.1. The second kappa shape index (κ2) is 6.69. The number of carbonyl (C=O) groups is 1. The van der Waals surface area contributed by atoms with E-state index in [-0.39, 0.29) is 15.7 Å². The number of aryl methyl sites for hydroxylation is 2. The molecule has 1 aromatic rings. The van der Waals surface area contributed by atoms with Crippen LogP contribution in [0.25, 0.3) is 11.1 Å². The fraction of sp³-hybridized carbons (Fsp3) is 0.227. The molecule has 0 unspecified atom stereocenters. The smallest absolute Gasteiger partial charge is 0.207 e. The largest absolute Gasteiger partial charge is 0.298 e. The zero-order valence-electron chi connectivity index (χ0n) is 15.4. The predicted octanol–water partition coefficient (Wildman–Crippen LogP) is 5.18. The van der Waals surface area contributed by atoms with Gasteiger partial charge in [-0.3, -0.25) is 4.79 Å². The molecule has 0 atom stereocenters. The first-order valence-electron chi connectivity index (χ1n) is 8.60. The lowest BCUT2D eigenvalue weighted by Gasteiger charge is -2.07. The molecule has 4 heteroatoms. The van der Waals surface area contributed by atoms with Gasteiger partial charge in [0.25, 0.3) is 0 Å². The van der Waals surface area contributed by atoms with Gasteiger partial charge in [-0.2, -0.15) is 0 Å². The highest BCUT2D eigenvalue weighted by Gasteiger charge is 2.27. The Kier molecular flexibility index (Phi) is 4.72. The van der Waals surface area contributed by atoms with Gasteiger partial charge in [0, 0.05) is 11.1 Å². The van der Waals surface area contributed by atoms with Crippen LogP contribution in [0.5, 0.6) is 0 Å². The molecule has 0 radical (unpaired) electrons. The van der Waals surface area contributed by atoms with Crippen LogP contribution in [0.15, 0.2) is 58.3 Å². The molecule has 0 bridgehead atoms. The predicted molar refractivity (Wildman–Crippen MR) is 104 cm³/mol. The number of fused-ring (bicyclic) bond motifs is 1. The Bertz CT molecular complexity index is 1050. The molecule has 2 aliphatic rings. The van der Waals surface area contributed by atoms with E-state index in [1.54, 1.807) is 36.4 Å². The van der Waals surface area contributed by atoms with Crippen molar-refractivity contribution < 1.29 is 13.2 Å². The number of hydrogen-bond acceptors (Lipinski definition) is 3. The quantitative estimate of drug-likeness (QED) is 0.598. The van der Waals surface area contributed by atoms with Crippen molar-refractivity contribution in [2.75, 3.05) is 0 Å². The van der Waals surface area contributed by atoms with Crippen LogP contribution in [0.2, 0.25) is 0 Å². The summed E-state index contributed by atoms with van der Waals surface area (Å²) in [5, 5.41) is 0. The van der Waals surface area contributed by atoms with Gasteiger partial charge in [-0.15, -0.1) is 0 Å². The molecule has 3 rings (SSSR count). The molecule has 0 saturated carbocycles. The van der Waals surface area contributed by atoms with E-state index in [2.05, 4.69) is 13.8 Å². The van der Waals surface area contributed by atoms with E-state index >= 15 is 0 Å². The Balaban J connectivity index is 2.32. The molecular weight excluding hydrogens is 344 g/mol. The highest BCUT2D eigenvalue weighted by Crippen LogP contribution is 2.40. The average Bonchev–Trinajstić information content (AvgIpc) is 2.80. The number of carbonyl (C=O) groups excluding carboxylic acids is 1. The lowest BCUT2D eigenvalue weighted by Crippen LogP contribution is -2.02. The van der Waals surface area contributed by atoms with Gasteiger partial charge < -0.3 is 0 Å². The van der Waals surface area contributed by atoms with Gasteiger partial charge in [0.15, 0.2) is 6.29 Å². The molecule has 0 aromatic heterocycles. The fourth-order valence-corrected chi connectivity index (χ4v) is 4.73. The first-order valence-corrected chi connectivity index (χ1v) is 10.1. The molecule has 0 spiro atoms. The van der Waals surface area contributed by atoms with Crippen molar-refractivity contribution in [2.45, 2.75) is 43.4 Å². The van der Waals surface area contributed by atoms with Gasteiger partial charge in [-0.1, -0.05) is 49.7 Å². The minimum absolute atomic E-state index is 0.196. The minimum Gasteiger partial charge on any atom is -0.298 e. The Morgan fingerprint density at radius 3 is 2.15 bits per heavy atom. The number of rotatable bonds is 4. The van der Waals surface area contributed by atoms with E-state index in [1.165, 1.54) is 0 Å². The maximum atomic E-state index is 13.2. The van der Waals surface area contributed by atoms with E-state index in [4.69, 9.17) is 0 Å². The topological polar surface area (TPSA) is 51.2 Å². The van der Waals surface area contributed by atoms with Crippen LogP contribution in [-0.2, 0) is 9.84 Å². The maximum absolute atomic E-state index is 13.2. The van der Waals surface area contributed by atoms with Crippen molar-refractivity contribution in [1.82, 2.24) is 0 Å². The fourth-order valence-electron chi connectivity index (χ4n) is 3.16. The Morgan fingerprint density at radius 1 is 0.923 bits per heavy atom. The summed E-state index contributed by atoms with van der Waals surface area (Å²) in [4.78, 5) is 12.1. The molecule has 0 amide bonds. The van der Waals surface area contributed by atoms with E-state index in [1.807, 2.05) is 26.0 Å². The van der Waals surface area contributed by atoms with E-state index in [0.29, 0.717) is 11.1 Å². The second-order valence-electron chi connectivity index (χ2n) is 7.00. The van der Waals surface area contributed by atoms with Crippen molar-refractivity contribution in [3.05, 3.63) is 70.8 Å². The lowest BCUT2D eigenvalue weighted by atomic mass is 10.0. The highest BCUT2D eigenvalue weighted by molar-refractivity contribution is 7.91. The van der Waals surface area contributed by atoms with E-state index < -0.39 is 9.84 Å². The van der Waals surface area contributed by atoms with Crippen molar-refractivity contribution in [1.29, 1.82) is 0 Å². The van der Waals surface area contributed by atoms with E-state index in [9.17, 15) is 13.2 Å². The summed E-state index contributed by atoms with van der Waals surface area (Å²) in [7, 11) is -3.72. The molecule has 2 aliphatic carbocycles. The third-order valence-corrected chi connectivity index (χ3v) is 6.55. The third kappa shape index (κ3) is 3.06. The number of hydrogen-bond donors (Lipinski definition) is 0. The zero-order chi connectivity index (χ0) is 19.1. The molecule has 0 N–H and O–H groups in total.